The maximum absolute atomic E-state index is 6.00. The van der Waals surface area contributed by atoms with Crippen LogP contribution in [0.2, 0.25) is 0 Å². The van der Waals surface area contributed by atoms with E-state index in [0.717, 1.165) is 37.2 Å². The number of piperazine rings is 1. The number of fused-ring (bicyclic) bond motifs is 1. The first kappa shape index (κ1) is 12.2. The molecule has 0 spiro atoms. The van der Waals surface area contributed by atoms with Crippen LogP contribution in [0.3, 0.4) is 0 Å². The van der Waals surface area contributed by atoms with Crippen LogP contribution in [0.15, 0.2) is 6.33 Å². The predicted molar refractivity (Wildman–Crippen MR) is 76.9 cm³/mol. The third-order valence-electron chi connectivity index (χ3n) is 4.06. The van der Waals surface area contributed by atoms with E-state index in [1.807, 2.05) is 0 Å². The molecule has 0 unspecified atom stereocenters. The molecule has 6 heteroatoms. The third-order valence-corrected chi connectivity index (χ3v) is 4.06. The van der Waals surface area contributed by atoms with Gasteiger partial charge in [-0.2, -0.15) is 0 Å². The van der Waals surface area contributed by atoms with Crippen molar-refractivity contribution in [2.45, 2.75) is 13.8 Å². The number of anilines is 1. The van der Waals surface area contributed by atoms with Crippen molar-refractivity contribution < 1.29 is 0 Å². The molecular weight excluding hydrogens is 240 g/mol. The summed E-state index contributed by atoms with van der Waals surface area (Å²) in [5.74, 6) is 0.568. The van der Waals surface area contributed by atoms with E-state index in [1.54, 1.807) is 6.33 Å². The van der Waals surface area contributed by atoms with Crippen LogP contribution in [0.5, 0.6) is 0 Å². The Morgan fingerprint density at radius 1 is 1.11 bits per heavy atom. The van der Waals surface area contributed by atoms with E-state index in [2.05, 4.69) is 45.4 Å². The lowest BCUT2D eigenvalue weighted by atomic mass is 10.2. The first-order valence-corrected chi connectivity index (χ1v) is 6.61. The highest BCUT2D eigenvalue weighted by Gasteiger charge is 2.21. The van der Waals surface area contributed by atoms with Crippen LogP contribution in [-0.2, 0) is 0 Å². The van der Waals surface area contributed by atoms with Crippen LogP contribution in [0.1, 0.15) is 11.3 Å². The molecule has 1 aliphatic heterocycles. The molecule has 0 saturated carbocycles. The van der Waals surface area contributed by atoms with Crippen molar-refractivity contribution in [3.8, 4) is 0 Å². The van der Waals surface area contributed by atoms with Crippen molar-refractivity contribution in [2.24, 2.45) is 0 Å². The van der Waals surface area contributed by atoms with Gasteiger partial charge in [-0.25, -0.2) is 14.6 Å². The van der Waals surface area contributed by atoms with Crippen LogP contribution in [-0.4, -0.2) is 52.8 Å². The van der Waals surface area contributed by atoms with Crippen LogP contribution >= 0.6 is 0 Å². The molecular formula is C13H20N6. The Bertz CT molecular complexity index is 609. The fraction of sp³-hybridized carbons (Fsp3) is 0.538. The molecule has 0 aromatic carbocycles. The van der Waals surface area contributed by atoms with Gasteiger partial charge in [0.15, 0.2) is 5.65 Å². The average Bonchev–Trinajstić information content (AvgIpc) is 2.65. The topological polar surface area (TPSA) is 63.2 Å². The van der Waals surface area contributed by atoms with Crippen molar-refractivity contribution in [3.05, 3.63) is 17.6 Å². The zero-order chi connectivity index (χ0) is 13.6. The zero-order valence-corrected chi connectivity index (χ0v) is 11.7. The van der Waals surface area contributed by atoms with E-state index in [1.165, 1.54) is 11.3 Å². The van der Waals surface area contributed by atoms with E-state index in [-0.39, 0.29) is 0 Å². The van der Waals surface area contributed by atoms with Crippen molar-refractivity contribution in [2.75, 3.05) is 44.0 Å². The Morgan fingerprint density at radius 3 is 2.47 bits per heavy atom. The minimum atomic E-state index is 0.568. The van der Waals surface area contributed by atoms with Gasteiger partial charge in [0.25, 0.3) is 0 Å². The first-order valence-electron chi connectivity index (χ1n) is 6.61. The number of nitrogens with zero attached hydrogens (tertiary/aromatic N) is 5. The SMILES string of the molecule is Cc1c(C)n(N2CCN(C)CC2)c2ncnc(N)c12. The van der Waals surface area contributed by atoms with Gasteiger partial charge in [0.05, 0.1) is 5.39 Å². The van der Waals surface area contributed by atoms with Crippen molar-refractivity contribution in [3.63, 3.8) is 0 Å². The molecule has 0 bridgehead atoms. The van der Waals surface area contributed by atoms with E-state index < -0.39 is 0 Å². The molecule has 3 heterocycles. The number of hydrogen-bond acceptors (Lipinski definition) is 5. The van der Waals surface area contributed by atoms with E-state index in [0.29, 0.717) is 5.82 Å². The molecule has 2 N–H and O–H groups in total. The summed E-state index contributed by atoms with van der Waals surface area (Å²) in [5.41, 5.74) is 9.30. The highest BCUT2D eigenvalue weighted by molar-refractivity contribution is 5.91. The molecule has 0 radical (unpaired) electrons. The van der Waals surface area contributed by atoms with Gasteiger partial charge in [0.1, 0.15) is 12.1 Å². The monoisotopic (exact) mass is 260 g/mol. The molecule has 1 aliphatic rings. The molecule has 1 fully saturated rings. The number of aromatic nitrogens is 3. The largest absolute Gasteiger partial charge is 0.383 e. The minimum absolute atomic E-state index is 0.568. The fourth-order valence-electron chi connectivity index (χ4n) is 2.75. The van der Waals surface area contributed by atoms with E-state index >= 15 is 0 Å². The van der Waals surface area contributed by atoms with Crippen molar-refractivity contribution in [1.29, 1.82) is 0 Å². The van der Waals surface area contributed by atoms with Gasteiger partial charge in [-0.1, -0.05) is 0 Å². The van der Waals surface area contributed by atoms with Gasteiger partial charge in [0, 0.05) is 31.9 Å². The lowest BCUT2D eigenvalue weighted by Crippen LogP contribution is -2.50. The maximum Gasteiger partial charge on any atom is 0.164 e. The molecule has 0 aliphatic carbocycles. The van der Waals surface area contributed by atoms with E-state index in [4.69, 9.17) is 5.73 Å². The summed E-state index contributed by atoms with van der Waals surface area (Å²) in [6.45, 7) is 8.35. The molecule has 102 valence electrons. The summed E-state index contributed by atoms with van der Waals surface area (Å²) in [6.07, 6.45) is 1.54. The second kappa shape index (κ2) is 4.38. The second-order valence-corrected chi connectivity index (χ2v) is 5.24. The Labute approximate surface area is 112 Å². The Balaban J connectivity index is 2.13. The number of aryl methyl sites for hydroxylation is 1. The molecule has 19 heavy (non-hydrogen) atoms. The lowest BCUT2D eigenvalue weighted by molar-refractivity contribution is 0.288. The summed E-state index contributed by atoms with van der Waals surface area (Å²) >= 11 is 0. The number of hydrogen-bond donors (Lipinski definition) is 1. The highest BCUT2D eigenvalue weighted by atomic mass is 15.6. The standard InChI is InChI=1S/C13H20N6/c1-9-10(2)19(18-6-4-17(3)5-7-18)13-11(9)12(14)15-8-16-13/h8H,4-7H2,1-3H3,(H2,14,15,16). The van der Waals surface area contributed by atoms with Gasteiger partial charge < -0.3 is 15.6 Å². The smallest absolute Gasteiger partial charge is 0.164 e. The van der Waals surface area contributed by atoms with Gasteiger partial charge in [0.2, 0.25) is 0 Å². The quantitative estimate of drug-likeness (QED) is 0.809. The number of nitrogens with two attached hydrogens (primary N) is 1. The first-order chi connectivity index (χ1) is 9.09. The molecule has 0 amide bonds. The summed E-state index contributed by atoms with van der Waals surface area (Å²) in [7, 11) is 2.16. The molecule has 6 nitrogen and oxygen atoms in total. The normalized spacial score (nSPS) is 17.3. The maximum atomic E-state index is 6.00. The highest BCUT2D eigenvalue weighted by Crippen LogP contribution is 2.27. The van der Waals surface area contributed by atoms with Crippen molar-refractivity contribution in [1.82, 2.24) is 19.5 Å². The van der Waals surface area contributed by atoms with Crippen LogP contribution < -0.4 is 10.7 Å². The zero-order valence-electron chi connectivity index (χ0n) is 11.7. The van der Waals surface area contributed by atoms with Crippen LogP contribution in [0.25, 0.3) is 11.0 Å². The fourth-order valence-corrected chi connectivity index (χ4v) is 2.75. The lowest BCUT2D eigenvalue weighted by Gasteiger charge is -2.35. The Kier molecular flexibility index (Phi) is 2.82. The molecule has 3 rings (SSSR count). The van der Waals surface area contributed by atoms with E-state index in [9.17, 15) is 0 Å². The summed E-state index contributed by atoms with van der Waals surface area (Å²) in [5, 5.41) is 3.33. The number of nitrogen functional groups attached to an aromatic ring is 1. The van der Waals surface area contributed by atoms with Crippen LogP contribution in [0, 0.1) is 13.8 Å². The van der Waals surface area contributed by atoms with Gasteiger partial charge in [-0.15, -0.1) is 0 Å². The Hall–Kier alpha value is -1.82. The summed E-state index contributed by atoms with van der Waals surface area (Å²) in [4.78, 5) is 10.9. The van der Waals surface area contributed by atoms with Crippen molar-refractivity contribution >= 4 is 16.9 Å². The molecule has 0 atom stereocenters. The third kappa shape index (κ3) is 1.83. The predicted octanol–water partition coefficient (Wildman–Crippen LogP) is 0.514. The molecule has 2 aromatic heterocycles. The number of rotatable bonds is 1. The Morgan fingerprint density at radius 2 is 1.79 bits per heavy atom. The van der Waals surface area contributed by atoms with Gasteiger partial charge >= 0.3 is 0 Å². The van der Waals surface area contributed by atoms with Gasteiger partial charge in [-0.3, -0.25) is 0 Å². The van der Waals surface area contributed by atoms with Gasteiger partial charge in [-0.05, 0) is 26.5 Å². The summed E-state index contributed by atoms with van der Waals surface area (Å²) < 4.78 is 2.20. The molecule has 2 aromatic rings. The minimum Gasteiger partial charge on any atom is -0.383 e. The molecule has 1 saturated heterocycles. The summed E-state index contributed by atoms with van der Waals surface area (Å²) in [6, 6.07) is 0. The second-order valence-electron chi connectivity index (χ2n) is 5.24. The van der Waals surface area contributed by atoms with Crippen LogP contribution in [0.4, 0.5) is 5.82 Å². The number of likely N-dealkylation sites (N-methyl/N-ethyl adjacent to an activating group) is 1. The average molecular weight is 260 g/mol.